The minimum atomic E-state index is -0.683. The van der Waals surface area contributed by atoms with Crippen LogP contribution in [-0.2, 0) is 36.9 Å². The van der Waals surface area contributed by atoms with Crippen LogP contribution in [0.25, 0.3) is 0 Å². The second-order valence-corrected chi connectivity index (χ2v) is 12.0. The molecule has 0 saturated heterocycles. The molecule has 0 aliphatic rings. The molecule has 10 heteroatoms. The van der Waals surface area contributed by atoms with E-state index in [9.17, 15) is 24.3 Å². The van der Waals surface area contributed by atoms with Crippen molar-refractivity contribution in [1.29, 1.82) is 0 Å². The molecule has 0 aliphatic heterocycles. The highest BCUT2D eigenvalue weighted by Gasteiger charge is 2.26. The van der Waals surface area contributed by atoms with Crippen LogP contribution in [0, 0.1) is 11.8 Å². The van der Waals surface area contributed by atoms with Crippen LogP contribution >= 0.6 is 0 Å². The van der Waals surface area contributed by atoms with Gasteiger partial charge in [0.2, 0.25) is 11.8 Å². The van der Waals surface area contributed by atoms with E-state index >= 15 is 0 Å². The van der Waals surface area contributed by atoms with Gasteiger partial charge in [-0.3, -0.25) is 14.4 Å². The van der Waals surface area contributed by atoms with E-state index in [1.165, 1.54) is 0 Å². The smallest absolute Gasteiger partial charge is 0.407 e. The average Bonchev–Trinajstić information content (AvgIpc) is 3.09. The van der Waals surface area contributed by atoms with Gasteiger partial charge in [-0.05, 0) is 69.4 Å². The lowest BCUT2D eigenvalue weighted by molar-refractivity contribution is -0.150. The van der Waals surface area contributed by atoms with E-state index in [1.807, 2.05) is 66.7 Å². The Hall–Kier alpha value is -4.44. The van der Waals surface area contributed by atoms with Crippen molar-refractivity contribution in [2.75, 3.05) is 19.8 Å². The number of aliphatic hydroxyl groups is 1. The fourth-order valence-electron chi connectivity index (χ4n) is 5.09. The fourth-order valence-corrected chi connectivity index (χ4v) is 5.09. The summed E-state index contributed by atoms with van der Waals surface area (Å²) in [6.07, 6.45) is 7.59. The molecule has 0 aliphatic carbocycles. The second kappa shape index (κ2) is 23.8. The maximum atomic E-state index is 13.4. The third-order valence-electron chi connectivity index (χ3n) is 7.79. The Morgan fingerprint density at radius 2 is 1.52 bits per heavy atom. The van der Waals surface area contributed by atoms with Crippen LogP contribution in [0.1, 0.15) is 69.4 Å². The number of rotatable bonds is 24. The first kappa shape index (κ1) is 39.7. The average molecular weight is 664 g/mol. The zero-order valence-electron chi connectivity index (χ0n) is 28.2. The first-order chi connectivity index (χ1) is 23.2. The Labute approximate surface area is 285 Å². The number of amides is 3. The molecule has 48 heavy (non-hydrogen) atoms. The van der Waals surface area contributed by atoms with Gasteiger partial charge in [0.1, 0.15) is 13.2 Å². The lowest BCUT2D eigenvalue weighted by Crippen LogP contribution is -2.44. The molecular formula is C38H53N3O7. The number of carbonyl (C=O) groups is 4. The van der Waals surface area contributed by atoms with Crippen LogP contribution in [0.2, 0.25) is 0 Å². The number of ether oxygens (including phenoxy) is 2. The number of esters is 1. The van der Waals surface area contributed by atoms with Crippen LogP contribution in [0.4, 0.5) is 4.79 Å². The number of carbonyl (C=O) groups excluding carboxylic acids is 4. The van der Waals surface area contributed by atoms with Gasteiger partial charge in [0.25, 0.3) is 0 Å². The second-order valence-electron chi connectivity index (χ2n) is 12.0. The number of hydrogen-bond donors (Lipinski definition) is 4. The van der Waals surface area contributed by atoms with Gasteiger partial charge in [0, 0.05) is 19.0 Å². The Bertz CT molecular complexity index is 1260. The van der Waals surface area contributed by atoms with Gasteiger partial charge in [0.05, 0.1) is 24.5 Å². The lowest BCUT2D eigenvalue weighted by atomic mass is 9.94. The third-order valence-corrected chi connectivity index (χ3v) is 7.79. The van der Waals surface area contributed by atoms with Crippen molar-refractivity contribution in [3.63, 3.8) is 0 Å². The van der Waals surface area contributed by atoms with E-state index < -0.39 is 24.1 Å². The Morgan fingerprint density at radius 1 is 0.833 bits per heavy atom. The normalized spacial score (nSPS) is 13.2. The molecule has 3 amide bonds. The third kappa shape index (κ3) is 16.9. The molecule has 0 spiro atoms. The molecule has 262 valence electrons. The number of aliphatic hydroxyl groups excluding tert-OH is 1. The first-order valence-electron chi connectivity index (χ1n) is 16.8. The fraction of sp³-hybridized carbons (Fsp3) is 0.474. The number of nitrogens with one attached hydrogen (secondary N) is 3. The first-order valence-corrected chi connectivity index (χ1v) is 16.8. The maximum Gasteiger partial charge on any atom is 0.407 e. The number of hydrogen-bond acceptors (Lipinski definition) is 7. The molecule has 0 saturated carbocycles. The van der Waals surface area contributed by atoms with Gasteiger partial charge < -0.3 is 30.5 Å². The molecule has 2 aromatic carbocycles. The summed E-state index contributed by atoms with van der Waals surface area (Å²) >= 11 is 0. The molecular weight excluding hydrogens is 610 g/mol. The van der Waals surface area contributed by atoms with E-state index in [4.69, 9.17) is 9.47 Å². The molecule has 4 atom stereocenters. The Kier molecular flexibility index (Phi) is 19.7. The summed E-state index contributed by atoms with van der Waals surface area (Å²) in [5.74, 6) is -2.06. The van der Waals surface area contributed by atoms with Crippen LogP contribution < -0.4 is 16.0 Å². The van der Waals surface area contributed by atoms with Gasteiger partial charge in [-0.1, -0.05) is 72.8 Å². The van der Waals surface area contributed by atoms with Gasteiger partial charge in [0.15, 0.2) is 0 Å². The van der Waals surface area contributed by atoms with Crippen molar-refractivity contribution in [1.82, 2.24) is 16.0 Å². The molecule has 0 heterocycles. The summed E-state index contributed by atoms with van der Waals surface area (Å²) in [4.78, 5) is 51.4. The summed E-state index contributed by atoms with van der Waals surface area (Å²) in [6, 6.07) is 18.2. The minimum Gasteiger partial charge on any atom is -0.463 e. The monoisotopic (exact) mass is 663 g/mol. The van der Waals surface area contributed by atoms with E-state index in [2.05, 4.69) is 29.1 Å². The summed E-state index contributed by atoms with van der Waals surface area (Å²) in [7, 11) is 0. The van der Waals surface area contributed by atoms with Crippen molar-refractivity contribution < 1.29 is 33.8 Å². The van der Waals surface area contributed by atoms with E-state index in [0.717, 1.165) is 24.0 Å². The number of allylic oxidation sites excluding steroid dienone is 2. The molecule has 0 bridgehead atoms. The number of unbranched alkanes of at least 4 members (excludes halogenated alkanes) is 2. The van der Waals surface area contributed by atoms with Crippen molar-refractivity contribution in [2.45, 2.75) is 83.4 Å². The summed E-state index contributed by atoms with van der Waals surface area (Å²) in [6.45, 7) is 9.49. The predicted octanol–water partition coefficient (Wildman–Crippen LogP) is 5.41. The van der Waals surface area contributed by atoms with Crippen molar-refractivity contribution in [2.24, 2.45) is 11.8 Å². The largest absolute Gasteiger partial charge is 0.463 e. The standard InChI is InChI=1S/C38H53N3O7/c1-4-6-9-21-33(24-30-17-10-7-11-18-30)37(45)47-28-34(41-36(44)32(16-5-2)25-35(43)40-29(3)26-42)22-14-15-23-39-38(46)48-27-31-19-12-8-13-20-31/h4-5,7-8,10-13,17-20,29,32-34,42H,1-2,6,9,14-16,21-28H2,3H3,(H,39,46)(H,40,43)(H,41,44)/t29-,32-,33+,34-/m0/s1. The molecule has 0 fully saturated rings. The quantitative estimate of drug-likeness (QED) is 0.0669. The molecule has 0 aromatic heterocycles. The molecule has 0 unspecified atom stereocenters. The van der Waals surface area contributed by atoms with Crippen LogP contribution in [0.5, 0.6) is 0 Å². The zero-order chi connectivity index (χ0) is 35.0. The SMILES string of the molecule is C=CCCC[C@H](Cc1ccccc1)C(=O)OC[C@H](CCCCNC(=O)OCc1ccccc1)NC(=O)[C@@H](CC=C)CC(=O)N[C@@H](C)CO. The van der Waals surface area contributed by atoms with Crippen molar-refractivity contribution in [3.05, 3.63) is 97.1 Å². The molecule has 4 N–H and O–H groups in total. The predicted molar refractivity (Wildman–Crippen MR) is 187 cm³/mol. The van der Waals surface area contributed by atoms with Crippen LogP contribution in [0.15, 0.2) is 86.0 Å². The number of alkyl carbamates (subject to hydrolysis) is 1. The van der Waals surface area contributed by atoms with Gasteiger partial charge in [-0.25, -0.2) is 4.79 Å². The molecule has 10 nitrogen and oxygen atoms in total. The number of benzene rings is 2. The highest BCUT2D eigenvalue weighted by molar-refractivity contribution is 5.86. The highest BCUT2D eigenvalue weighted by Crippen LogP contribution is 2.19. The molecule has 0 radical (unpaired) electrons. The van der Waals surface area contributed by atoms with Gasteiger partial charge in [-0.15, -0.1) is 13.2 Å². The summed E-state index contributed by atoms with van der Waals surface area (Å²) < 4.78 is 11.1. The topological polar surface area (TPSA) is 143 Å². The Balaban J connectivity index is 2.01. The Morgan fingerprint density at radius 3 is 2.17 bits per heavy atom. The van der Waals surface area contributed by atoms with Crippen LogP contribution in [0.3, 0.4) is 0 Å². The molecule has 2 rings (SSSR count). The van der Waals surface area contributed by atoms with Gasteiger partial charge in [-0.2, -0.15) is 0 Å². The summed E-state index contributed by atoms with van der Waals surface area (Å²) in [5, 5.41) is 17.7. The van der Waals surface area contributed by atoms with E-state index in [1.54, 1.807) is 13.0 Å². The van der Waals surface area contributed by atoms with E-state index in [0.29, 0.717) is 38.6 Å². The molecule has 2 aromatic rings. The minimum absolute atomic E-state index is 0.0293. The van der Waals surface area contributed by atoms with Gasteiger partial charge >= 0.3 is 12.1 Å². The van der Waals surface area contributed by atoms with Crippen molar-refractivity contribution >= 4 is 23.9 Å². The highest BCUT2D eigenvalue weighted by atomic mass is 16.5. The maximum absolute atomic E-state index is 13.4. The summed E-state index contributed by atoms with van der Waals surface area (Å²) in [5.41, 5.74) is 1.93. The lowest BCUT2D eigenvalue weighted by Gasteiger charge is -2.24. The zero-order valence-corrected chi connectivity index (χ0v) is 28.2. The van der Waals surface area contributed by atoms with Crippen LogP contribution in [-0.4, -0.2) is 60.8 Å². The van der Waals surface area contributed by atoms with Crippen molar-refractivity contribution in [3.8, 4) is 0 Å². The van der Waals surface area contributed by atoms with E-state index in [-0.39, 0.29) is 56.4 Å².